The second-order valence-electron chi connectivity index (χ2n) is 10.2. The number of unbranched alkanes of at least 4 members (excludes halogenated alkanes) is 3. The number of nitrogens with zero attached hydrogens (tertiary/aromatic N) is 4. The highest BCUT2D eigenvalue weighted by Gasteiger charge is 2.21. The molecule has 0 saturated carbocycles. The van der Waals surface area contributed by atoms with E-state index in [0.717, 1.165) is 42.0 Å². The Labute approximate surface area is 260 Å². The first-order valence-corrected chi connectivity index (χ1v) is 14.7. The molecular weight excluding hydrogens is 578 g/mol. The van der Waals surface area contributed by atoms with Crippen LogP contribution in [0.5, 0.6) is 5.88 Å². The Morgan fingerprint density at radius 1 is 1.02 bits per heavy atom. The maximum absolute atomic E-state index is 13.3. The molecule has 0 atom stereocenters. The quantitative estimate of drug-likeness (QED) is 0.0613. The molecule has 4 aromatic rings. The molecule has 4 rings (SSSR count). The Hall–Kier alpha value is -5.46. The molecule has 0 spiro atoms. The number of imidazole rings is 1. The molecule has 0 saturated heterocycles. The first-order valence-electron chi connectivity index (χ1n) is 14.7. The topological polar surface area (TPSA) is 172 Å². The second-order valence-corrected chi connectivity index (χ2v) is 10.2. The normalized spacial score (nSPS) is 10.7. The highest BCUT2D eigenvalue weighted by molar-refractivity contribution is 6.04. The van der Waals surface area contributed by atoms with Gasteiger partial charge in [0.15, 0.2) is 0 Å². The van der Waals surface area contributed by atoms with E-state index >= 15 is 0 Å². The first kappa shape index (κ1) is 32.5. The van der Waals surface area contributed by atoms with Crippen LogP contribution in [-0.2, 0) is 23.1 Å². The maximum Gasteiger partial charge on any atom is 0.412 e. The number of amidine groups is 1. The number of fused-ring (bicyclic) bond motifs is 1. The number of hydrogen-bond donors (Lipinski definition) is 4. The number of nitrogens with one attached hydrogen (secondary N) is 3. The van der Waals surface area contributed by atoms with Gasteiger partial charge in [-0.2, -0.15) is 5.06 Å². The second kappa shape index (κ2) is 15.8. The molecule has 13 nitrogen and oxygen atoms in total. The summed E-state index contributed by atoms with van der Waals surface area (Å²) in [4.78, 5) is 50.8. The van der Waals surface area contributed by atoms with Crippen molar-refractivity contribution in [3.05, 3.63) is 83.8 Å². The van der Waals surface area contributed by atoms with Gasteiger partial charge in [0.05, 0.1) is 37.2 Å². The molecule has 0 unspecified atom stereocenters. The average molecular weight is 616 g/mol. The zero-order valence-corrected chi connectivity index (χ0v) is 25.3. The third kappa shape index (κ3) is 9.26. The highest BCUT2D eigenvalue weighted by Crippen LogP contribution is 2.20. The van der Waals surface area contributed by atoms with E-state index in [4.69, 9.17) is 25.1 Å². The molecule has 2 aromatic heterocycles. The Morgan fingerprint density at radius 2 is 1.80 bits per heavy atom. The van der Waals surface area contributed by atoms with Crippen LogP contribution < -0.4 is 15.5 Å². The Balaban J connectivity index is 1.37. The van der Waals surface area contributed by atoms with Gasteiger partial charge >= 0.3 is 12.1 Å². The van der Waals surface area contributed by atoms with E-state index in [1.54, 1.807) is 60.7 Å². The van der Waals surface area contributed by atoms with Crippen LogP contribution in [0, 0.1) is 5.41 Å². The van der Waals surface area contributed by atoms with Crippen LogP contribution in [0.25, 0.3) is 11.0 Å². The Kier molecular flexibility index (Phi) is 11.4. The van der Waals surface area contributed by atoms with Gasteiger partial charge in [-0.05, 0) is 55.0 Å². The minimum atomic E-state index is -1.06. The van der Waals surface area contributed by atoms with Crippen molar-refractivity contribution in [3.63, 3.8) is 0 Å². The Morgan fingerprint density at radius 3 is 2.51 bits per heavy atom. The van der Waals surface area contributed by atoms with Gasteiger partial charge in [-0.3, -0.25) is 20.3 Å². The van der Waals surface area contributed by atoms with Crippen molar-refractivity contribution < 1.29 is 29.1 Å². The molecule has 0 fully saturated rings. The van der Waals surface area contributed by atoms with Crippen LogP contribution in [0.15, 0.2) is 66.9 Å². The fourth-order valence-electron chi connectivity index (χ4n) is 4.42. The van der Waals surface area contributed by atoms with E-state index in [1.165, 1.54) is 6.20 Å². The van der Waals surface area contributed by atoms with Gasteiger partial charge < -0.3 is 24.6 Å². The van der Waals surface area contributed by atoms with Crippen molar-refractivity contribution in [3.8, 4) is 5.88 Å². The van der Waals surface area contributed by atoms with Crippen LogP contribution in [0.2, 0.25) is 0 Å². The number of carboxylic acid groups (broad SMARTS) is 1. The van der Waals surface area contributed by atoms with Crippen LogP contribution in [-0.4, -0.2) is 61.7 Å². The molecule has 2 aromatic carbocycles. The molecule has 236 valence electrons. The molecule has 13 heteroatoms. The van der Waals surface area contributed by atoms with Crippen molar-refractivity contribution in [1.29, 1.82) is 5.41 Å². The van der Waals surface area contributed by atoms with Gasteiger partial charge in [0.2, 0.25) is 5.88 Å². The number of ether oxygens (including phenoxy) is 1. The van der Waals surface area contributed by atoms with Crippen molar-refractivity contribution in [1.82, 2.24) is 24.9 Å². The SMILES string of the molecule is CCCCCCOC(=O)NC(=N)c1ccc(NCc2nc3cc(C(=O)N(CCC(=O)O)Oc4ccccn4)ccc3n2C)cc1. The number of hydrogen-bond acceptors (Lipinski definition) is 9. The van der Waals surface area contributed by atoms with E-state index in [2.05, 4.69) is 22.5 Å². The number of pyridine rings is 1. The lowest BCUT2D eigenvalue weighted by molar-refractivity contribution is -0.138. The smallest absolute Gasteiger partial charge is 0.412 e. The monoisotopic (exact) mass is 615 g/mol. The van der Waals surface area contributed by atoms with E-state index in [0.29, 0.717) is 30.1 Å². The number of carbonyl (C=O) groups is 3. The molecular formula is C32H37N7O6. The van der Waals surface area contributed by atoms with Gasteiger partial charge in [0.1, 0.15) is 11.7 Å². The Bertz CT molecular complexity index is 1620. The first-order chi connectivity index (χ1) is 21.7. The summed E-state index contributed by atoms with van der Waals surface area (Å²) in [5, 5.41) is 24.1. The summed E-state index contributed by atoms with van der Waals surface area (Å²) in [7, 11) is 1.87. The summed E-state index contributed by atoms with van der Waals surface area (Å²) in [5.41, 5.74) is 3.00. The number of aromatic nitrogens is 3. The fraction of sp³-hybridized carbons (Fsp3) is 0.312. The van der Waals surface area contributed by atoms with Crippen molar-refractivity contribution in [2.24, 2.45) is 7.05 Å². The maximum atomic E-state index is 13.3. The molecule has 0 bridgehead atoms. The van der Waals surface area contributed by atoms with Gasteiger partial charge in [-0.25, -0.2) is 14.8 Å². The minimum absolute atomic E-state index is 0.0484. The average Bonchev–Trinajstić information content (AvgIpc) is 3.36. The van der Waals surface area contributed by atoms with Crippen molar-refractivity contribution in [2.45, 2.75) is 45.6 Å². The summed E-state index contributed by atoms with van der Waals surface area (Å²) < 4.78 is 7.05. The lowest BCUT2D eigenvalue weighted by Crippen LogP contribution is -2.36. The molecule has 0 aliphatic carbocycles. The molecule has 0 aliphatic rings. The zero-order valence-electron chi connectivity index (χ0n) is 25.3. The lowest BCUT2D eigenvalue weighted by Gasteiger charge is -2.21. The van der Waals surface area contributed by atoms with E-state index in [9.17, 15) is 14.4 Å². The number of aliphatic carboxylic acids is 1. The van der Waals surface area contributed by atoms with Gasteiger partial charge in [0, 0.05) is 36.1 Å². The van der Waals surface area contributed by atoms with Crippen LogP contribution in [0.1, 0.15) is 60.8 Å². The summed E-state index contributed by atoms with van der Waals surface area (Å²) in [6.07, 6.45) is 4.57. The number of alkyl carbamates (subject to hydrolysis) is 1. The van der Waals surface area contributed by atoms with E-state index in [-0.39, 0.29) is 30.2 Å². The third-order valence-corrected chi connectivity index (χ3v) is 6.90. The molecule has 0 radical (unpaired) electrons. The number of carboxylic acids is 1. The largest absolute Gasteiger partial charge is 0.481 e. The van der Waals surface area contributed by atoms with Crippen LogP contribution in [0.4, 0.5) is 10.5 Å². The number of rotatable bonds is 15. The highest BCUT2D eigenvalue weighted by atomic mass is 16.7. The predicted octanol–water partition coefficient (Wildman–Crippen LogP) is 5.12. The van der Waals surface area contributed by atoms with E-state index < -0.39 is 18.0 Å². The number of amides is 2. The molecule has 2 amide bonds. The van der Waals surface area contributed by atoms with E-state index in [1.807, 2.05) is 11.6 Å². The summed E-state index contributed by atoms with van der Waals surface area (Å²) in [6.45, 7) is 2.65. The third-order valence-electron chi connectivity index (χ3n) is 6.90. The van der Waals surface area contributed by atoms with Gasteiger partial charge in [-0.15, -0.1) is 0 Å². The number of anilines is 1. The zero-order chi connectivity index (χ0) is 32.2. The molecule has 0 aliphatic heterocycles. The van der Waals surface area contributed by atoms with Crippen LogP contribution >= 0.6 is 0 Å². The summed E-state index contributed by atoms with van der Waals surface area (Å²) in [5.74, 6) is -0.752. The summed E-state index contributed by atoms with van der Waals surface area (Å²) in [6, 6.07) is 17.1. The number of aryl methyl sites for hydroxylation is 1. The molecule has 2 heterocycles. The number of benzene rings is 2. The minimum Gasteiger partial charge on any atom is -0.481 e. The van der Waals surface area contributed by atoms with Crippen LogP contribution in [0.3, 0.4) is 0 Å². The number of hydroxylamine groups is 2. The lowest BCUT2D eigenvalue weighted by atomic mass is 10.2. The fourth-order valence-corrected chi connectivity index (χ4v) is 4.42. The summed E-state index contributed by atoms with van der Waals surface area (Å²) >= 11 is 0. The van der Waals surface area contributed by atoms with Crippen molar-refractivity contribution >= 4 is 40.5 Å². The predicted molar refractivity (Wildman–Crippen MR) is 168 cm³/mol. The standard InChI is InChI=1S/C32H37N7O6/c1-3-4-5-8-19-44-32(43)37-30(33)22-10-13-24(14-11-22)35-21-27-36-25-20-23(12-15-26(25)38(27)2)31(42)39(18-16-29(40)41)45-28-9-6-7-17-34-28/h6-7,9-15,17,20,35H,3-5,8,16,18-19,21H2,1-2H3,(H,40,41)(H2,33,37,43). The van der Waals surface area contributed by atoms with Gasteiger partial charge in [0.25, 0.3) is 5.91 Å². The van der Waals surface area contributed by atoms with Gasteiger partial charge in [-0.1, -0.05) is 32.3 Å². The molecule has 4 N–H and O–H groups in total. The molecule has 45 heavy (non-hydrogen) atoms. The number of carbonyl (C=O) groups excluding carboxylic acids is 2. The van der Waals surface area contributed by atoms with Crippen molar-refractivity contribution in [2.75, 3.05) is 18.5 Å².